The average molecular weight is 575 g/mol. The van der Waals surface area contributed by atoms with Crippen LogP contribution >= 0.6 is 24.0 Å². The fourth-order valence-electron chi connectivity index (χ4n) is 4.04. The van der Waals surface area contributed by atoms with E-state index in [0.29, 0.717) is 13.1 Å². The summed E-state index contributed by atoms with van der Waals surface area (Å²) in [6.45, 7) is 9.75. The van der Waals surface area contributed by atoms with Crippen LogP contribution in [0.5, 0.6) is 0 Å². The summed E-state index contributed by atoms with van der Waals surface area (Å²) in [7, 11) is 1.79. The molecule has 1 saturated heterocycles. The number of pyridine rings is 1. The number of nitrogens with one attached hydrogen (secondary N) is 2. The fourth-order valence-corrected chi connectivity index (χ4v) is 4.04. The molecule has 1 aliphatic rings. The maximum absolute atomic E-state index is 4.70. The van der Waals surface area contributed by atoms with E-state index in [0.717, 1.165) is 56.6 Å². The first kappa shape index (κ1) is 26.0. The number of hydrogen-bond acceptors (Lipinski definition) is 5. The fraction of sp³-hybridized carbons (Fsp3) is 0.400. The van der Waals surface area contributed by atoms with Gasteiger partial charge in [0, 0.05) is 64.9 Å². The predicted molar refractivity (Wildman–Crippen MR) is 149 cm³/mol. The Morgan fingerprint density at radius 2 is 1.74 bits per heavy atom. The van der Waals surface area contributed by atoms with Crippen molar-refractivity contribution in [3.8, 4) is 0 Å². The van der Waals surface area contributed by atoms with Crippen LogP contribution in [0.1, 0.15) is 23.6 Å². The Labute approximate surface area is 219 Å². The van der Waals surface area contributed by atoms with Gasteiger partial charge in [0.25, 0.3) is 0 Å². The third-order valence-electron chi connectivity index (χ3n) is 6.09. The van der Waals surface area contributed by atoms with Crippen LogP contribution in [0.4, 0.5) is 5.82 Å². The normalized spacial score (nSPS) is 14.5. The molecule has 0 aliphatic carbocycles. The van der Waals surface area contributed by atoms with E-state index in [1.54, 1.807) is 13.2 Å². The Bertz CT molecular complexity index is 1010. The smallest absolute Gasteiger partial charge is 0.191 e. The van der Waals surface area contributed by atoms with Crippen molar-refractivity contribution in [2.75, 3.05) is 44.7 Å². The molecule has 0 saturated carbocycles. The summed E-state index contributed by atoms with van der Waals surface area (Å²) >= 11 is 0. The molecule has 34 heavy (non-hydrogen) atoms. The highest BCUT2D eigenvalue weighted by molar-refractivity contribution is 14.0. The second-order valence-electron chi connectivity index (χ2n) is 8.20. The standard InChI is InChI=1S/C25H34N8.HI/c1-3-31-13-15-32(16-14-31)24-10-9-21(17-27-24)18-28-25(26-2)29-19-22-7-4-5-8-23(22)20-33-12-6-11-30-33;/h4-12,17H,3,13-16,18-20H2,1-2H3,(H2,26,28,29);1H. The molecule has 1 fully saturated rings. The van der Waals surface area contributed by atoms with E-state index >= 15 is 0 Å². The summed E-state index contributed by atoms with van der Waals surface area (Å²) in [4.78, 5) is 13.9. The van der Waals surface area contributed by atoms with Crippen LogP contribution < -0.4 is 15.5 Å². The summed E-state index contributed by atoms with van der Waals surface area (Å²) in [5.74, 6) is 1.83. The number of guanidine groups is 1. The molecule has 9 heteroatoms. The van der Waals surface area contributed by atoms with Crippen molar-refractivity contribution in [1.82, 2.24) is 30.3 Å². The van der Waals surface area contributed by atoms with Gasteiger partial charge >= 0.3 is 0 Å². The van der Waals surface area contributed by atoms with Crippen LogP contribution in [0, 0.1) is 0 Å². The zero-order valence-corrected chi connectivity index (χ0v) is 22.4. The van der Waals surface area contributed by atoms with E-state index < -0.39 is 0 Å². The molecule has 0 atom stereocenters. The highest BCUT2D eigenvalue weighted by Gasteiger charge is 2.16. The first-order valence-electron chi connectivity index (χ1n) is 11.7. The Morgan fingerprint density at radius 1 is 0.971 bits per heavy atom. The van der Waals surface area contributed by atoms with Gasteiger partial charge in [0.05, 0.1) is 6.54 Å². The third kappa shape index (κ3) is 7.17. The number of anilines is 1. The van der Waals surface area contributed by atoms with Crippen molar-refractivity contribution in [1.29, 1.82) is 0 Å². The summed E-state index contributed by atoms with van der Waals surface area (Å²) in [6.07, 6.45) is 5.75. The lowest BCUT2D eigenvalue weighted by Crippen LogP contribution is -2.46. The van der Waals surface area contributed by atoms with Gasteiger partial charge in [0.15, 0.2) is 5.96 Å². The first-order chi connectivity index (χ1) is 16.2. The number of benzene rings is 1. The van der Waals surface area contributed by atoms with Gasteiger partial charge in [-0.15, -0.1) is 24.0 Å². The third-order valence-corrected chi connectivity index (χ3v) is 6.09. The molecule has 8 nitrogen and oxygen atoms in total. The Balaban J connectivity index is 0.00000324. The number of halogens is 1. The molecule has 0 spiro atoms. The number of aliphatic imine (C=N–C) groups is 1. The van der Waals surface area contributed by atoms with Crippen LogP contribution in [-0.2, 0) is 19.6 Å². The molecule has 3 aromatic rings. The van der Waals surface area contributed by atoms with Gasteiger partial charge in [0.2, 0.25) is 0 Å². The maximum Gasteiger partial charge on any atom is 0.191 e. The molecule has 1 aliphatic heterocycles. The summed E-state index contributed by atoms with van der Waals surface area (Å²) in [5.41, 5.74) is 3.60. The van der Waals surface area contributed by atoms with Crippen molar-refractivity contribution in [3.05, 3.63) is 77.7 Å². The van der Waals surface area contributed by atoms with Crippen LogP contribution in [-0.4, -0.2) is 65.4 Å². The number of rotatable bonds is 8. The molecule has 3 heterocycles. The lowest BCUT2D eigenvalue weighted by atomic mass is 10.1. The highest BCUT2D eigenvalue weighted by atomic mass is 127. The minimum absolute atomic E-state index is 0. The minimum Gasteiger partial charge on any atom is -0.354 e. The lowest BCUT2D eigenvalue weighted by molar-refractivity contribution is 0.270. The van der Waals surface area contributed by atoms with Crippen LogP contribution in [0.25, 0.3) is 0 Å². The molecule has 182 valence electrons. The van der Waals surface area contributed by atoms with Crippen LogP contribution in [0.2, 0.25) is 0 Å². The van der Waals surface area contributed by atoms with Gasteiger partial charge in [-0.2, -0.15) is 5.10 Å². The molecule has 2 aromatic heterocycles. The number of aromatic nitrogens is 3. The topological polar surface area (TPSA) is 73.6 Å². The van der Waals surface area contributed by atoms with Crippen molar-refractivity contribution in [3.63, 3.8) is 0 Å². The Kier molecular flexibility index (Phi) is 10.1. The van der Waals surface area contributed by atoms with Crippen LogP contribution in [0.15, 0.2) is 66.0 Å². The van der Waals surface area contributed by atoms with E-state index in [1.165, 1.54) is 11.1 Å². The van der Waals surface area contributed by atoms with Crippen molar-refractivity contribution >= 4 is 35.8 Å². The second kappa shape index (κ2) is 13.3. The Morgan fingerprint density at radius 3 is 2.38 bits per heavy atom. The lowest BCUT2D eigenvalue weighted by Gasteiger charge is -2.34. The molecule has 1 aromatic carbocycles. The van der Waals surface area contributed by atoms with E-state index in [-0.39, 0.29) is 24.0 Å². The molecular formula is C25H35IN8. The zero-order valence-electron chi connectivity index (χ0n) is 20.0. The minimum atomic E-state index is 0. The zero-order chi connectivity index (χ0) is 22.9. The summed E-state index contributed by atoms with van der Waals surface area (Å²) < 4.78 is 1.94. The molecule has 2 N–H and O–H groups in total. The second-order valence-corrected chi connectivity index (χ2v) is 8.20. The van der Waals surface area contributed by atoms with E-state index in [1.807, 2.05) is 23.1 Å². The van der Waals surface area contributed by atoms with Crippen molar-refractivity contribution in [2.24, 2.45) is 4.99 Å². The monoisotopic (exact) mass is 574 g/mol. The van der Waals surface area contributed by atoms with Crippen molar-refractivity contribution in [2.45, 2.75) is 26.6 Å². The van der Waals surface area contributed by atoms with E-state index in [4.69, 9.17) is 4.98 Å². The van der Waals surface area contributed by atoms with Gasteiger partial charge < -0.3 is 20.4 Å². The summed E-state index contributed by atoms with van der Waals surface area (Å²) in [5, 5.41) is 11.1. The van der Waals surface area contributed by atoms with Crippen molar-refractivity contribution < 1.29 is 0 Å². The number of nitrogens with zero attached hydrogens (tertiary/aromatic N) is 6. The molecule has 0 radical (unpaired) electrons. The largest absolute Gasteiger partial charge is 0.354 e. The van der Waals surface area contributed by atoms with Gasteiger partial charge in [-0.3, -0.25) is 9.67 Å². The quantitative estimate of drug-likeness (QED) is 0.245. The van der Waals surface area contributed by atoms with Gasteiger partial charge in [-0.05, 0) is 35.4 Å². The molecule has 0 amide bonds. The van der Waals surface area contributed by atoms with Gasteiger partial charge in [0.1, 0.15) is 5.82 Å². The number of likely N-dealkylation sites (N-methyl/N-ethyl adjacent to an activating group) is 1. The van der Waals surface area contributed by atoms with Gasteiger partial charge in [-0.1, -0.05) is 37.3 Å². The average Bonchev–Trinajstić information content (AvgIpc) is 3.38. The molecule has 0 bridgehead atoms. The number of hydrogen-bond donors (Lipinski definition) is 2. The molecular weight excluding hydrogens is 539 g/mol. The SMILES string of the molecule is CCN1CCN(c2ccc(CNC(=NC)NCc3ccccc3Cn3cccn3)cn2)CC1.I. The molecule has 4 rings (SSSR count). The highest BCUT2D eigenvalue weighted by Crippen LogP contribution is 2.14. The van der Waals surface area contributed by atoms with Crippen LogP contribution in [0.3, 0.4) is 0 Å². The molecule has 0 unspecified atom stereocenters. The first-order valence-corrected chi connectivity index (χ1v) is 11.7. The van der Waals surface area contributed by atoms with E-state index in [2.05, 4.69) is 73.8 Å². The van der Waals surface area contributed by atoms with E-state index in [9.17, 15) is 0 Å². The number of piperazine rings is 1. The Hall–Kier alpha value is -2.66. The maximum atomic E-state index is 4.70. The predicted octanol–water partition coefficient (Wildman–Crippen LogP) is 2.95. The summed E-state index contributed by atoms with van der Waals surface area (Å²) in [6, 6.07) is 14.6. The van der Waals surface area contributed by atoms with Gasteiger partial charge in [-0.25, -0.2) is 4.98 Å².